The third-order valence-corrected chi connectivity index (χ3v) is 4.71. The number of halogens is 3. The van der Waals surface area contributed by atoms with Crippen LogP contribution in [0.5, 0.6) is 0 Å². The largest absolute Gasteiger partial charge is 0.490 e. The summed E-state index contributed by atoms with van der Waals surface area (Å²) in [6, 6.07) is 1.83. The van der Waals surface area contributed by atoms with Gasteiger partial charge in [-0.3, -0.25) is 14.4 Å². The lowest BCUT2D eigenvalue weighted by atomic mass is 10.1. The van der Waals surface area contributed by atoms with E-state index in [1.807, 2.05) is 31.5 Å². The highest BCUT2D eigenvalue weighted by Crippen LogP contribution is 2.23. The summed E-state index contributed by atoms with van der Waals surface area (Å²) in [5.74, 6) is -2.73. The fourth-order valence-electron chi connectivity index (χ4n) is 2.77. The van der Waals surface area contributed by atoms with Crippen molar-refractivity contribution in [3.8, 4) is 0 Å². The third kappa shape index (κ3) is 6.53. The maximum absolute atomic E-state index is 12.5. The Labute approximate surface area is 169 Å². The van der Waals surface area contributed by atoms with E-state index < -0.39 is 12.1 Å². The molecule has 12 heteroatoms. The molecule has 0 spiro atoms. The second kappa shape index (κ2) is 9.35. The van der Waals surface area contributed by atoms with E-state index in [1.165, 1.54) is 0 Å². The minimum Gasteiger partial charge on any atom is -0.475 e. The molecule has 160 valence electrons. The topological polar surface area (TPSA) is 100 Å². The van der Waals surface area contributed by atoms with E-state index in [-0.39, 0.29) is 18.0 Å². The second-order valence-electron chi connectivity index (χ2n) is 6.78. The number of amides is 1. The highest BCUT2D eigenvalue weighted by atomic mass is 32.1. The average molecular weight is 433 g/mol. The summed E-state index contributed by atoms with van der Waals surface area (Å²) in [4.78, 5) is 28.1. The van der Waals surface area contributed by atoms with E-state index in [0.717, 1.165) is 29.5 Å². The molecule has 0 aliphatic carbocycles. The standard InChI is InChI=1S/C15H21N5OS.C2HF3O2/c1-10(2)17-15(21)14-8-19(6-12-9-22-11(3)18-12)7-13-4-5-16-20(13)14;3-2(4,5)1(6)7/h4-5,9-10,14H,6-8H2,1-3H3,(H,17,21);(H,6,7). The normalized spacial score (nSPS) is 16.7. The number of fused-ring (bicyclic) bond motifs is 1. The van der Waals surface area contributed by atoms with Crippen molar-refractivity contribution in [2.45, 2.75) is 52.1 Å². The molecule has 0 saturated heterocycles. The number of nitrogens with zero attached hydrogens (tertiary/aromatic N) is 4. The Bertz CT molecular complexity index is 849. The van der Waals surface area contributed by atoms with Gasteiger partial charge in [0.2, 0.25) is 5.91 Å². The molecule has 0 aromatic carbocycles. The number of nitrogens with one attached hydrogen (secondary N) is 1. The van der Waals surface area contributed by atoms with Crippen LogP contribution in [0.25, 0.3) is 0 Å². The van der Waals surface area contributed by atoms with Gasteiger partial charge < -0.3 is 10.4 Å². The van der Waals surface area contributed by atoms with E-state index in [0.29, 0.717) is 6.54 Å². The zero-order valence-electron chi connectivity index (χ0n) is 16.1. The van der Waals surface area contributed by atoms with Crippen molar-refractivity contribution in [3.63, 3.8) is 0 Å². The van der Waals surface area contributed by atoms with Crippen LogP contribution in [0.4, 0.5) is 13.2 Å². The smallest absolute Gasteiger partial charge is 0.475 e. The molecule has 0 fully saturated rings. The molecule has 1 unspecified atom stereocenters. The van der Waals surface area contributed by atoms with Crippen molar-refractivity contribution in [1.29, 1.82) is 0 Å². The van der Waals surface area contributed by atoms with Gasteiger partial charge in [0.05, 0.1) is 16.4 Å². The zero-order valence-corrected chi connectivity index (χ0v) is 16.9. The molecule has 2 N–H and O–H groups in total. The lowest BCUT2D eigenvalue weighted by Gasteiger charge is -2.33. The van der Waals surface area contributed by atoms with E-state index in [2.05, 4.69) is 25.7 Å². The minimum atomic E-state index is -5.08. The summed E-state index contributed by atoms with van der Waals surface area (Å²) in [6.07, 6.45) is -3.32. The molecule has 1 aliphatic heterocycles. The number of carboxylic acid groups (broad SMARTS) is 1. The molecule has 0 saturated carbocycles. The summed E-state index contributed by atoms with van der Waals surface area (Å²) >= 11 is 1.66. The van der Waals surface area contributed by atoms with Crippen LogP contribution in [0.2, 0.25) is 0 Å². The van der Waals surface area contributed by atoms with E-state index in [4.69, 9.17) is 9.90 Å². The maximum Gasteiger partial charge on any atom is 0.490 e. The van der Waals surface area contributed by atoms with Crippen LogP contribution in [-0.4, -0.2) is 55.4 Å². The van der Waals surface area contributed by atoms with Crippen LogP contribution in [0.1, 0.15) is 36.3 Å². The fraction of sp³-hybridized carbons (Fsp3) is 0.529. The fourth-order valence-corrected chi connectivity index (χ4v) is 3.37. The van der Waals surface area contributed by atoms with Gasteiger partial charge in [-0.15, -0.1) is 11.3 Å². The average Bonchev–Trinajstić information content (AvgIpc) is 3.22. The predicted molar refractivity (Wildman–Crippen MR) is 99.2 cm³/mol. The first kappa shape index (κ1) is 22.8. The zero-order chi connectivity index (χ0) is 21.8. The Morgan fingerprint density at radius 2 is 2.07 bits per heavy atom. The van der Waals surface area contributed by atoms with Crippen LogP contribution in [-0.2, 0) is 22.7 Å². The molecule has 1 atom stereocenters. The second-order valence-corrected chi connectivity index (χ2v) is 7.84. The first-order valence-corrected chi connectivity index (χ1v) is 9.61. The quantitative estimate of drug-likeness (QED) is 0.768. The number of carbonyl (C=O) groups is 2. The van der Waals surface area contributed by atoms with E-state index in [1.54, 1.807) is 17.5 Å². The Kier molecular flexibility index (Phi) is 7.36. The van der Waals surface area contributed by atoms with Crippen LogP contribution in [0.3, 0.4) is 0 Å². The predicted octanol–water partition coefficient (Wildman–Crippen LogP) is 2.36. The summed E-state index contributed by atoms with van der Waals surface area (Å²) in [7, 11) is 0. The van der Waals surface area contributed by atoms with Crippen LogP contribution in [0, 0.1) is 6.92 Å². The molecule has 2 aromatic rings. The lowest BCUT2D eigenvalue weighted by Crippen LogP contribution is -2.46. The van der Waals surface area contributed by atoms with Crippen LogP contribution < -0.4 is 5.32 Å². The maximum atomic E-state index is 12.5. The lowest BCUT2D eigenvalue weighted by molar-refractivity contribution is -0.192. The van der Waals surface area contributed by atoms with E-state index >= 15 is 0 Å². The summed E-state index contributed by atoms with van der Waals surface area (Å²) < 4.78 is 33.6. The Balaban J connectivity index is 0.000000370. The number of aliphatic carboxylic acids is 1. The van der Waals surface area contributed by atoms with Gasteiger partial charge in [-0.05, 0) is 26.8 Å². The monoisotopic (exact) mass is 433 g/mol. The van der Waals surface area contributed by atoms with Gasteiger partial charge in [-0.2, -0.15) is 18.3 Å². The molecule has 8 nitrogen and oxygen atoms in total. The third-order valence-electron chi connectivity index (χ3n) is 3.89. The van der Waals surface area contributed by atoms with Gasteiger partial charge in [-0.1, -0.05) is 0 Å². The summed E-state index contributed by atoms with van der Waals surface area (Å²) in [6.45, 7) is 8.17. The first-order chi connectivity index (χ1) is 13.5. The number of alkyl halides is 3. The number of hydrogen-bond acceptors (Lipinski definition) is 6. The van der Waals surface area contributed by atoms with E-state index in [9.17, 15) is 18.0 Å². The SMILES string of the molecule is Cc1nc(CN2Cc3ccnn3C(C(=O)NC(C)C)C2)cs1.O=C(O)C(F)(F)F. The molecular weight excluding hydrogens is 411 g/mol. The molecule has 0 bridgehead atoms. The Morgan fingerprint density at radius 1 is 1.41 bits per heavy atom. The van der Waals surface area contributed by atoms with Gasteiger partial charge >= 0.3 is 12.1 Å². The molecule has 1 aliphatic rings. The molecule has 2 aromatic heterocycles. The number of aryl methyl sites for hydroxylation is 1. The van der Waals surface area contributed by atoms with Gasteiger partial charge in [0.1, 0.15) is 6.04 Å². The molecule has 1 amide bonds. The highest BCUT2D eigenvalue weighted by Gasteiger charge is 2.38. The van der Waals surface area contributed by atoms with Gasteiger partial charge in [0, 0.05) is 37.3 Å². The van der Waals surface area contributed by atoms with Crippen molar-refractivity contribution in [2.75, 3.05) is 6.54 Å². The Morgan fingerprint density at radius 3 is 2.59 bits per heavy atom. The first-order valence-electron chi connectivity index (χ1n) is 8.73. The highest BCUT2D eigenvalue weighted by molar-refractivity contribution is 7.09. The number of carboxylic acids is 1. The molecule has 3 rings (SSSR count). The van der Waals surface area contributed by atoms with Crippen molar-refractivity contribution in [3.05, 3.63) is 34.0 Å². The molecule has 0 radical (unpaired) electrons. The van der Waals surface area contributed by atoms with Gasteiger partial charge in [0.25, 0.3) is 0 Å². The van der Waals surface area contributed by atoms with Crippen LogP contribution in [0.15, 0.2) is 17.6 Å². The Hall–Kier alpha value is -2.47. The van der Waals surface area contributed by atoms with Crippen molar-refractivity contribution in [1.82, 2.24) is 25.0 Å². The number of rotatable bonds is 4. The summed E-state index contributed by atoms with van der Waals surface area (Å²) in [5, 5.41) is 17.6. The molecule has 3 heterocycles. The summed E-state index contributed by atoms with van der Waals surface area (Å²) in [5.41, 5.74) is 2.14. The number of aromatic nitrogens is 3. The molecule has 29 heavy (non-hydrogen) atoms. The molecular formula is C17H22F3N5O3S. The van der Waals surface area contributed by atoms with Crippen molar-refractivity contribution >= 4 is 23.2 Å². The number of hydrogen-bond donors (Lipinski definition) is 2. The van der Waals surface area contributed by atoms with Crippen molar-refractivity contribution < 1.29 is 27.9 Å². The number of carbonyl (C=O) groups excluding carboxylic acids is 1. The minimum absolute atomic E-state index is 0.0270. The van der Waals surface area contributed by atoms with Gasteiger partial charge in [0.15, 0.2) is 0 Å². The van der Waals surface area contributed by atoms with Crippen molar-refractivity contribution in [2.24, 2.45) is 0 Å². The van der Waals surface area contributed by atoms with Crippen LogP contribution >= 0.6 is 11.3 Å². The number of thiazole rings is 1. The van der Waals surface area contributed by atoms with Gasteiger partial charge in [-0.25, -0.2) is 9.78 Å².